The molecule has 3 aliphatic heterocycles. The highest BCUT2D eigenvalue weighted by Gasteiger charge is 2.50. The van der Waals surface area contributed by atoms with Crippen LogP contribution < -0.4 is 20.9 Å². The first-order chi connectivity index (χ1) is 16.2. The largest absolute Gasteiger partial charge is 0.368 e. The number of carbonyl (C=O) groups is 1. The van der Waals surface area contributed by atoms with Crippen molar-refractivity contribution >= 4 is 29.2 Å². The molecule has 2 saturated heterocycles. The molecular weight excluding hydrogens is 416 g/mol. The van der Waals surface area contributed by atoms with E-state index in [1.165, 1.54) is 12.8 Å². The van der Waals surface area contributed by atoms with Gasteiger partial charge in [-0.15, -0.1) is 0 Å². The molecule has 1 aliphatic carbocycles. The van der Waals surface area contributed by atoms with Gasteiger partial charge < -0.3 is 25.8 Å². The number of nitrogens with zero attached hydrogens (tertiary/aromatic N) is 5. The van der Waals surface area contributed by atoms with Gasteiger partial charge in [0.2, 0.25) is 11.9 Å². The van der Waals surface area contributed by atoms with Crippen LogP contribution in [0.5, 0.6) is 0 Å². The van der Waals surface area contributed by atoms with E-state index in [4.69, 9.17) is 4.98 Å². The average molecular weight is 449 g/mol. The predicted octanol–water partition coefficient (Wildman–Crippen LogP) is 2.30. The smallest absolute Gasteiger partial charge is 0.248 e. The molecule has 1 spiro atoms. The topological polar surface area (TPSA) is 98.3 Å². The highest BCUT2D eigenvalue weighted by atomic mass is 16.2. The second-order valence-corrected chi connectivity index (χ2v) is 9.76. The van der Waals surface area contributed by atoms with Crippen LogP contribution >= 0.6 is 0 Å². The molecule has 9 heteroatoms. The monoisotopic (exact) mass is 448 g/mol. The van der Waals surface area contributed by atoms with Gasteiger partial charge in [-0.1, -0.05) is 12.8 Å². The number of rotatable bonds is 4. The standard InChI is InChI=1S/C24H32N8O/c33-22-24(8-3-11-32(22)18-4-1-2-5-18)14-17-15-27-23(29-21(17)30-24)28-20-7-6-19(16-26-20)31-12-9-25-10-13-31/h6-7,15-16,18,25H,1-5,8-14H2,(H2,26,27,28,29,30). The fourth-order valence-electron chi connectivity index (χ4n) is 5.86. The molecule has 1 amide bonds. The van der Waals surface area contributed by atoms with Crippen LogP contribution in [0.15, 0.2) is 24.5 Å². The number of fused-ring (bicyclic) bond motifs is 1. The third-order valence-corrected chi connectivity index (χ3v) is 7.62. The predicted molar refractivity (Wildman–Crippen MR) is 128 cm³/mol. The van der Waals surface area contributed by atoms with E-state index < -0.39 is 5.54 Å². The van der Waals surface area contributed by atoms with Crippen LogP contribution in [0.25, 0.3) is 0 Å². The van der Waals surface area contributed by atoms with Crippen LogP contribution in [0.3, 0.4) is 0 Å². The first-order valence-electron chi connectivity index (χ1n) is 12.3. The number of likely N-dealkylation sites (tertiary alicyclic amines) is 1. The summed E-state index contributed by atoms with van der Waals surface area (Å²) in [6.45, 7) is 4.87. The summed E-state index contributed by atoms with van der Waals surface area (Å²) in [5.74, 6) is 2.23. The fourth-order valence-corrected chi connectivity index (χ4v) is 5.86. The van der Waals surface area contributed by atoms with Crippen molar-refractivity contribution in [2.75, 3.05) is 48.3 Å². The zero-order valence-electron chi connectivity index (χ0n) is 19.0. The van der Waals surface area contributed by atoms with Gasteiger partial charge in [-0.25, -0.2) is 9.97 Å². The Kier molecular flexibility index (Phi) is 5.28. The Morgan fingerprint density at radius 1 is 1.03 bits per heavy atom. The van der Waals surface area contributed by atoms with Crippen LogP contribution in [-0.4, -0.2) is 70.1 Å². The molecule has 0 radical (unpaired) electrons. The zero-order chi connectivity index (χ0) is 22.3. The average Bonchev–Trinajstić information content (AvgIpc) is 3.50. The first-order valence-corrected chi connectivity index (χ1v) is 12.3. The minimum atomic E-state index is -0.556. The summed E-state index contributed by atoms with van der Waals surface area (Å²) in [5, 5.41) is 10.1. The van der Waals surface area contributed by atoms with Crippen molar-refractivity contribution in [1.29, 1.82) is 0 Å². The molecule has 1 saturated carbocycles. The fraction of sp³-hybridized carbons (Fsp3) is 0.583. The van der Waals surface area contributed by atoms with Crippen LogP contribution in [0.2, 0.25) is 0 Å². The highest BCUT2D eigenvalue weighted by molar-refractivity contribution is 5.92. The van der Waals surface area contributed by atoms with E-state index in [-0.39, 0.29) is 5.91 Å². The Bertz CT molecular complexity index is 1020. The van der Waals surface area contributed by atoms with E-state index in [1.807, 2.05) is 18.5 Å². The maximum Gasteiger partial charge on any atom is 0.248 e. The van der Waals surface area contributed by atoms with Gasteiger partial charge in [0.15, 0.2) is 0 Å². The van der Waals surface area contributed by atoms with E-state index in [2.05, 4.69) is 41.8 Å². The third-order valence-electron chi connectivity index (χ3n) is 7.62. The number of piperazine rings is 1. The SMILES string of the molecule is O=C1N(C2CCCC2)CCCC12Cc1cnc(Nc3ccc(N4CCNCC4)cn3)nc1N2. The van der Waals surface area contributed by atoms with E-state index in [9.17, 15) is 4.79 Å². The van der Waals surface area contributed by atoms with E-state index in [0.717, 1.165) is 75.5 Å². The Morgan fingerprint density at radius 3 is 2.67 bits per heavy atom. The number of carbonyl (C=O) groups excluding carboxylic acids is 1. The Balaban J connectivity index is 1.15. The number of nitrogens with one attached hydrogen (secondary N) is 3. The molecule has 6 rings (SSSR count). The van der Waals surface area contributed by atoms with Crippen molar-refractivity contribution < 1.29 is 4.79 Å². The zero-order valence-corrected chi connectivity index (χ0v) is 19.0. The molecule has 9 nitrogen and oxygen atoms in total. The molecule has 33 heavy (non-hydrogen) atoms. The summed E-state index contributed by atoms with van der Waals surface area (Å²) in [5.41, 5.74) is 1.59. The van der Waals surface area contributed by atoms with Gasteiger partial charge in [0.05, 0.1) is 11.9 Å². The second kappa shape index (κ2) is 8.44. The Morgan fingerprint density at radius 2 is 1.88 bits per heavy atom. The summed E-state index contributed by atoms with van der Waals surface area (Å²) < 4.78 is 0. The van der Waals surface area contributed by atoms with E-state index in [0.29, 0.717) is 24.2 Å². The molecule has 0 aromatic carbocycles. The van der Waals surface area contributed by atoms with Gasteiger partial charge in [0.25, 0.3) is 0 Å². The first kappa shape index (κ1) is 20.7. The lowest BCUT2D eigenvalue weighted by Crippen LogP contribution is -2.59. The summed E-state index contributed by atoms with van der Waals surface area (Å²) in [6.07, 6.45) is 11.1. The lowest BCUT2D eigenvalue weighted by atomic mass is 9.84. The van der Waals surface area contributed by atoms with Crippen molar-refractivity contribution in [3.63, 3.8) is 0 Å². The lowest BCUT2D eigenvalue weighted by Gasteiger charge is -2.42. The molecule has 2 aromatic heterocycles. The van der Waals surface area contributed by atoms with Crippen LogP contribution in [0, 0.1) is 0 Å². The molecule has 174 valence electrons. The number of pyridine rings is 1. The van der Waals surface area contributed by atoms with Gasteiger partial charge in [0.1, 0.15) is 17.2 Å². The normalized spacial score (nSPS) is 25.4. The van der Waals surface area contributed by atoms with Crippen molar-refractivity contribution in [1.82, 2.24) is 25.2 Å². The van der Waals surface area contributed by atoms with Crippen LogP contribution in [-0.2, 0) is 11.2 Å². The summed E-state index contributed by atoms with van der Waals surface area (Å²) >= 11 is 0. The van der Waals surface area contributed by atoms with Crippen molar-refractivity contribution in [3.8, 4) is 0 Å². The molecule has 3 fully saturated rings. The van der Waals surface area contributed by atoms with Crippen molar-refractivity contribution in [2.45, 2.75) is 56.5 Å². The third kappa shape index (κ3) is 3.88. The quantitative estimate of drug-likeness (QED) is 0.656. The van der Waals surface area contributed by atoms with Gasteiger partial charge in [-0.2, -0.15) is 4.98 Å². The number of hydrogen-bond donors (Lipinski definition) is 3. The minimum absolute atomic E-state index is 0.248. The van der Waals surface area contributed by atoms with Gasteiger partial charge in [-0.05, 0) is 37.8 Å². The van der Waals surface area contributed by atoms with Crippen molar-refractivity contribution in [3.05, 3.63) is 30.1 Å². The Hall–Kier alpha value is -2.94. The Labute approximate surface area is 194 Å². The molecule has 4 aliphatic rings. The highest BCUT2D eigenvalue weighted by Crippen LogP contribution is 2.40. The maximum atomic E-state index is 13.5. The number of anilines is 4. The molecule has 1 atom stereocenters. The minimum Gasteiger partial charge on any atom is -0.368 e. The molecule has 1 unspecified atom stereocenters. The molecule has 3 N–H and O–H groups in total. The summed E-state index contributed by atoms with van der Waals surface area (Å²) in [4.78, 5) is 31.8. The summed E-state index contributed by atoms with van der Waals surface area (Å²) in [7, 11) is 0. The van der Waals surface area contributed by atoms with Crippen LogP contribution in [0.4, 0.5) is 23.3 Å². The van der Waals surface area contributed by atoms with Crippen molar-refractivity contribution in [2.24, 2.45) is 0 Å². The number of hydrogen-bond acceptors (Lipinski definition) is 8. The van der Waals surface area contributed by atoms with E-state index in [1.54, 1.807) is 0 Å². The number of aromatic nitrogens is 3. The molecule has 0 bridgehead atoms. The molecular formula is C24H32N8O. The van der Waals surface area contributed by atoms with Gasteiger partial charge in [-0.3, -0.25) is 4.79 Å². The maximum absolute atomic E-state index is 13.5. The molecule has 2 aromatic rings. The lowest BCUT2D eigenvalue weighted by molar-refractivity contribution is -0.141. The van der Waals surface area contributed by atoms with Gasteiger partial charge >= 0.3 is 0 Å². The van der Waals surface area contributed by atoms with E-state index >= 15 is 0 Å². The molecule has 5 heterocycles. The van der Waals surface area contributed by atoms with Gasteiger partial charge in [0, 0.05) is 56.9 Å². The van der Waals surface area contributed by atoms with Crippen LogP contribution in [0.1, 0.15) is 44.1 Å². The number of piperidine rings is 1. The summed E-state index contributed by atoms with van der Waals surface area (Å²) in [6, 6.07) is 4.46. The second-order valence-electron chi connectivity index (χ2n) is 9.76. The number of amides is 1.